The fourth-order valence-corrected chi connectivity index (χ4v) is 4.23. The molecule has 0 unspecified atom stereocenters. The molecule has 2 fully saturated rings. The van der Waals surface area contributed by atoms with E-state index in [1.165, 1.54) is 49.8 Å². The Labute approximate surface area is 140 Å². The molecule has 1 aliphatic heterocycles. The quantitative estimate of drug-likeness (QED) is 0.804. The second-order valence-corrected chi connectivity index (χ2v) is 7.55. The summed E-state index contributed by atoms with van der Waals surface area (Å²) in [6.07, 6.45) is 15.0. The van der Waals surface area contributed by atoms with Gasteiger partial charge in [0, 0.05) is 26.0 Å². The lowest BCUT2D eigenvalue weighted by Crippen LogP contribution is -2.48. The molecule has 1 spiro atoms. The van der Waals surface area contributed by atoms with E-state index in [0.717, 1.165) is 25.7 Å². The van der Waals surface area contributed by atoms with Crippen molar-refractivity contribution in [2.75, 3.05) is 13.2 Å². The number of amides is 2. The summed E-state index contributed by atoms with van der Waals surface area (Å²) in [7, 11) is 0. The minimum Gasteiger partial charge on any atom is -0.396 e. The lowest BCUT2D eigenvalue weighted by molar-refractivity contribution is -0.154. The molecule has 1 heterocycles. The zero-order chi connectivity index (χ0) is 16.5. The van der Waals surface area contributed by atoms with E-state index in [0.29, 0.717) is 25.8 Å². The molecular weight excluding hydrogens is 290 g/mol. The van der Waals surface area contributed by atoms with Gasteiger partial charge in [0.1, 0.15) is 0 Å². The summed E-state index contributed by atoms with van der Waals surface area (Å²) < 4.78 is 0. The summed E-state index contributed by atoms with van der Waals surface area (Å²) in [5, 5.41) is 8.94. The summed E-state index contributed by atoms with van der Waals surface area (Å²) in [6, 6.07) is 0. The molecule has 2 rings (SSSR count). The molecule has 132 valence electrons. The Morgan fingerprint density at radius 2 is 1.22 bits per heavy atom. The maximum absolute atomic E-state index is 12.5. The normalized spacial score (nSPS) is 24.3. The highest BCUT2D eigenvalue weighted by molar-refractivity contribution is 5.98. The van der Waals surface area contributed by atoms with Gasteiger partial charge in [0.05, 0.1) is 0 Å². The number of piperidine rings is 1. The zero-order valence-corrected chi connectivity index (χ0v) is 14.5. The third kappa shape index (κ3) is 5.59. The zero-order valence-electron chi connectivity index (χ0n) is 14.5. The van der Waals surface area contributed by atoms with E-state index in [4.69, 9.17) is 5.11 Å². The maximum atomic E-state index is 12.5. The van der Waals surface area contributed by atoms with Crippen molar-refractivity contribution in [3.8, 4) is 0 Å². The largest absolute Gasteiger partial charge is 0.396 e. The fourth-order valence-electron chi connectivity index (χ4n) is 4.23. The van der Waals surface area contributed by atoms with Crippen molar-refractivity contribution in [1.82, 2.24) is 4.90 Å². The Morgan fingerprint density at radius 3 is 1.65 bits per heavy atom. The van der Waals surface area contributed by atoms with Crippen LogP contribution in [0.3, 0.4) is 0 Å². The highest BCUT2D eigenvalue weighted by Crippen LogP contribution is 2.42. The fraction of sp³-hybridized carbons (Fsp3) is 0.895. The molecule has 0 aromatic carbocycles. The monoisotopic (exact) mass is 323 g/mol. The van der Waals surface area contributed by atoms with Gasteiger partial charge in [-0.05, 0) is 24.7 Å². The topological polar surface area (TPSA) is 57.6 Å². The number of imide groups is 1. The van der Waals surface area contributed by atoms with Crippen LogP contribution in [0.1, 0.15) is 89.9 Å². The van der Waals surface area contributed by atoms with Crippen LogP contribution in [0.5, 0.6) is 0 Å². The molecule has 1 N–H and O–H groups in total. The molecule has 1 aliphatic carbocycles. The molecule has 1 saturated heterocycles. The number of hydrogen-bond donors (Lipinski definition) is 1. The molecule has 0 atom stereocenters. The Bertz CT molecular complexity index is 362. The van der Waals surface area contributed by atoms with Gasteiger partial charge in [-0.15, -0.1) is 0 Å². The first-order valence-electron chi connectivity index (χ1n) is 9.61. The molecule has 4 nitrogen and oxygen atoms in total. The molecule has 0 aromatic rings. The Kier molecular flexibility index (Phi) is 7.54. The molecule has 0 bridgehead atoms. The highest BCUT2D eigenvalue weighted by atomic mass is 16.3. The van der Waals surface area contributed by atoms with Crippen LogP contribution in [-0.4, -0.2) is 35.0 Å². The van der Waals surface area contributed by atoms with Crippen LogP contribution in [0.4, 0.5) is 0 Å². The summed E-state index contributed by atoms with van der Waals surface area (Å²) in [4.78, 5) is 26.4. The molecule has 2 amide bonds. The number of likely N-dealkylation sites (tertiary alicyclic amines) is 1. The molecule has 0 radical (unpaired) electrons. The van der Waals surface area contributed by atoms with Gasteiger partial charge in [0.25, 0.3) is 0 Å². The number of carbonyl (C=O) groups is 2. The first-order valence-corrected chi connectivity index (χ1v) is 9.61. The van der Waals surface area contributed by atoms with Crippen molar-refractivity contribution < 1.29 is 14.7 Å². The van der Waals surface area contributed by atoms with E-state index in [1.54, 1.807) is 0 Å². The van der Waals surface area contributed by atoms with Gasteiger partial charge < -0.3 is 5.11 Å². The highest BCUT2D eigenvalue weighted by Gasteiger charge is 2.42. The van der Waals surface area contributed by atoms with Gasteiger partial charge in [-0.25, -0.2) is 0 Å². The minimum absolute atomic E-state index is 0.0122. The standard InChI is InChI=1S/C19H33NO3/c21-14-10-13-20-17(22)15-19(16-18(20)23)11-8-6-4-2-1-3-5-7-9-12-19/h21H,1-16H2. The predicted octanol–water partition coefficient (Wildman–Crippen LogP) is 3.81. The molecule has 2 aliphatic rings. The summed E-state index contributed by atoms with van der Waals surface area (Å²) >= 11 is 0. The van der Waals surface area contributed by atoms with E-state index in [9.17, 15) is 9.59 Å². The van der Waals surface area contributed by atoms with Crippen LogP contribution < -0.4 is 0 Å². The Morgan fingerprint density at radius 1 is 0.783 bits per heavy atom. The average molecular weight is 323 g/mol. The van der Waals surface area contributed by atoms with Crippen LogP contribution in [0.25, 0.3) is 0 Å². The predicted molar refractivity (Wildman–Crippen MR) is 90.9 cm³/mol. The number of nitrogens with zero attached hydrogens (tertiary/aromatic N) is 1. The molecule has 23 heavy (non-hydrogen) atoms. The van der Waals surface area contributed by atoms with Crippen LogP contribution in [0.15, 0.2) is 0 Å². The van der Waals surface area contributed by atoms with Crippen LogP contribution in [0, 0.1) is 5.41 Å². The summed E-state index contributed by atoms with van der Waals surface area (Å²) in [5.41, 5.74) is -0.0803. The summed E-state index contributed by atoms with van der Waals surface area (Å²) in [5.74, 6) is -0.0245. The number of hydrogen-bond acceptors (Lipinski definition) is 3. The second kappa shape index (κ2) is 9.41. The van der Waals surface area contributed by atoms with Gasteiger partial charge in [-0.1, -0.05) is 57.8 Å². The van der Waals surface area contributed by atoms with E-state index < -0.39 is 0 Å². The maximum Gasteiger partial charge on any atom is 0.229 e. The number of aliphatic hydroxyl groups excluding tert-OH is 1. The SMILES string of the molecule is O=C1CC2(CCCCCCCCCCC2)CC(=O)N1CCCO. The molecular formula is C19H33NO3. The lowest BCUT2D eigenvalue weighted by atomic mass is 9.70. The van der Waals surface area contributed by atoms with Crippen molar-refractivity contribution >= 4 is 11.8 Å². The van der Waals surface area contributed by atoms with E-state index >= 15 is 0 Å². The van der Waals surface area contributed by atoms with Crippen LogP contribution in [-0.2, 0) is 9.59 Å². The number of carbonyl (C=O) groups excluding carboxylic acids is 2. The smallest absolute Gasteiger partial charge is 0.229 e. The number of rotatable bonds is 3. The van der Waals surface area contributed by atoms with Crippen molar-refractivity contribution in [3.63, 3.8) is 0 Å². The average Bonchev–Trinajstić information content (AvgIpc) is 2.50. The van der Waals surface area contributed by atoms with Gasteiger partial charge in [0.15, 0.2) is 0 Å². The van der Waals surface area contributed by atoms with Crippen molar-refractivity contribution in [1.29, 1.82) is 0 Å². The number of aliphatic hydroxyl groups is 1. The molecule has 4 heteroatoms. The van der Waals surface area contributed by atoms with Crippen molar-refractivity contribution in [3.05, 3.63) is 0 Å². The third-order valence-electron chi connectivity index (χ3n) is 5.61. The van der Waals surface area contributed by atoms with E-state index in [2.05, 4.69) is 0 Å². The van der Waals surface area contributed by atoms with E-state index in [-0.39, 0.29) is 23.8 Å². The van der Waals surface area contributed by atoms with E-state index in [1.807, 2.05) is 0 Å². The Balaban J connectivity index is 1.98. The second-order valence-electron chi connectivity index (χ2n) is 7.55. The van der Waals surface area contributed by atoms with Crippen LogP contribution >= 0.6 is 0 Å². The lowest BCUT2D eigenvalue weighted by Gasteiger charge is -2.40. The first kappa shape index (κ1) is 18.4. The van der Waals surface area contributed by atoms with Gasteiger partial charge in [-0.3, -0.25) is 14.5 Å². The third-order valence-corrected chi connectivity index (χ3v) is 5.61. The van der Waals surface area contributed by atoms with Crippen molar-refractivity contribution in [2.45, 2.75) is 89.9 Å². The van der Waals surface area contributed by atoms with Gasteiger partial charge >= 0.3 is 0 Å². The van der Waals surface area contributed by atoms with Gasteiger partial charge in [0.2, 0.25) is 11.8 Å². The van der Waals surface area contributed by atoms with Gasteiger partial charge in [-0.2, -0.15) is 0 Å². The van der Waals surface area contributed by atoms with Crippen molar-refractivity contribution in [2.24, 2.45) is 5.41 Å². The molecule has 1 saturated carbocycles. The molecule has 0 aromatic heterocycles. The van der Waals surface area contributed by atoms with Crippen LogP contribution in [0.2, 0.25) is 0 Å². The Hall–Kier alpha value is -0.900. The minimum atomic E-state index is -0.0803. The summed E-state index contributed by atoms with van der Waals surface area (Å²) in [6.45, 7) is 0.409. The first-order chi connectivity index (χ1) is 11.2.